The average Bonchev–Trinajstić information content (AvgIpc) is 3.30. The number of halogens is 2. The summed E-state index contributed by atoms with van der Waals surface area (Å²) in [5.41, 5.74) is 3.29. The summed E-state index contributed by atoms with van der Waals surface area (Å²) >= 11 is 1.28. The number of fused-ring (bicyclic) bond motifs is 1. The topological polar surface area (TPSA) is 64.9 Å². The van der Waals surface area contributed by atoms with E-state index in [9.17, 15) is 4.79 Å². The van der Waals surface area contributed by atoms with Crippen molar-refractivity contribution in [2.45, 2.75) is 32.8 Å². The van der Waals surface area contributed by atoms with Crippen LogP contribution in [0.15, 0.2) is 41.3 Å². The fourth-order valence-corrected chi connectivity index (χ4v) is 4.67. The standard InChI is InChI=1S/C23H23F2N3O3S/c1-12-6-5-7-13(2)20(12)26-22-21(19-16(24)9-15(30-3)10-17(19)25)27-23-28(22)14(11-32-23)8-18(29)31-4/h5-7,9,11,15,26H,8,10H2,1-4H3. The highest BCUT2D eigenvalue weighted by Gasteiger charge is 2.30. The van der Waals surface area contributed by atoms with Crippen molar-refractivity contribution in [2.24, 2.45) is 0 Å². The highest BCUT2D eigenvalue weighted by atomic mass is 32.1. The molecule has 1 aliphatic rings. The van der Waals surface area contributed by atoms with Gasteiger partial charge in [-0.05, 0) is 31.1 Å². The Morgan fingerprint density at radius 2 is 2.00 bits per heavy atom. The molecule has 1 aromatic carbocycles. The number of allylic oxidation sites excluding steroid dienone is 2. The van der Waals surface area contributed by atoms with Gasteiger partial charge in [-0.3, -0.25) is 9.20 Å². The largest absolute Gasteiger partial charge is 0.469 e. The van der Waals surface area contributed by atoms with E-state index in [-0.39, 0.29) is 24.1 Å². The van der Waals surface area contributed by atoms with Crippen molar-refractivity contribution >= 4 is 39.3 Å². The zero-order valence-electron chi connectivity index (χ0n) is 18.2. The number of hydrogen-bond acceptors (Lipinski definition) is 6. The second kappa shape index (κ2) is 8.84. The molecule has 1 unspecified atom stereocenters. The van der Waals surface area contributed by atoms with E-state index in [1.165, 1.54) is 31.6 Å². The molecule has 0 amide bonds. The van der Waals surface area contributed by atoms with Gasteiger partial charge in [0.25, 0.3) is 0 Å². The number of carbonyl (C=O) groups is 1. The van der Waals surface area contributed by atoms with Crippen LogP contribution >= 0.6 is 11.3 Å². The van der Waals surface area contributed by atoms with Crippen LogP contribution in [0.5, 0.6) is 0 Å². The maximum Gasteiger partial charge on any atom is 0.311 e. The van der Waals surface area contributed by atoms with Crippen LogP contribution in [-0.2, 0) is 20.7 Å². The molecule has 1 aliphatic carbocycles. The van der Waals surface area contributed by atoms with Crippen LogP contribution in [0.3, 0.4) is 0 Å². The van der Waals surface area contributed by atoms with E-state index in [0.29, 0.717) is 16.5 Å². The molecule has 1 atom stereocenters. The smallest absolute Gasteiger partial charge is 0.311 e. The number of hydrogen-bond donors (Lipinski definition) is 1. The Morgan fingerprint density at radius 1 is 1.28 bits per heavy atom. The predicted molar refractivity (Wildman–Crippen MR) is 121 cm³/mol. The van der Waals surface area contributed by atoms with Gasteiger partial charge in [-0.15, -0.1) is 11.3 Å². The normalized spacial score (nSPS) is 16.4. The lowest BCUT2D eigenvalue weighted by Crippen LogP contribution is -2.14. The van der Waals surface area contributed by atoms with E-state index in [1.807, 2.05) is 32.0 Å². The van der Waals surface area contributed by atoms with Crippen molar-refractivity contribution in [1.82, 2.24) is 9.38 Å². The molecule has 9 heteroatoms. The summed E-state index contributed by atoms with van der Waals surface area (Å²) in [6.45, 7) is 3.89. The van der Waals surface area contributed by atoms with Gasteiger partial charge in [-0.1, -0.05) is 18.2 Å². The Bertz CT molecular complexity index is 1240. The third-order valence-corrected chi connectivity index (χ3v) is 6.35. The van der Waals surface area contributed by atoms with E-state index < -0.39 is 23.7 Å². The molecule has 0 fully saturated rings. The zero-order valence-corrected chi connectivity index (χ0v) is 19.0. The van der Waals surface area contributed by atoms with Crippen molar-refractivity contribution < 1.29 is 23.0 Å². The van der Waals surface area contributed by atoms with E-state index in [2.05, 4.69) is 10.3 Å². The minimum absolute atomic E-state index is 0.000661. The van der Waals surface area contributed by atoms with Gasteiger partial charge >= 0.3 is 5.97 Å². The highest BCUT2D eigenvalue weighted by Crippen LogP contribution is 2.41. The monoisotopic (exact) mass is 459 g/mol. The van der Waals surface area contributed by atoms with Crippen LogP contribution in [-0.4, -0.2) is 35.7 Å². The summed E-state index contributed by atoms with van der Waals surface area (Å²) in [5.74, 6) is -1.40. The fourth-order valence-electron chi connectivity index (χ4n) is 3.79. The number of aromatic nitrogens is 2. The molecule has 3 aromatic rings. The summed E-state index contributed by atoms with van der Waals surface area (Å²) in [6, 6.07) is 5.83. The third-order valence-electron chi connectivity index (χ3n) is 5.47. The molecule has 0 aliphatic heterocycles. The molecule has 0 bridgehead atoms. The number of anilines is 2. The van der Waals surface area contributed by atoms with Gasteiger partial charge in [0.15, 0.2) is 4.96 Å². The number of thiazole rings is 1. The Morgan fingerprint density at radius 3 is 2.62 bits per heavy atom. The molecule has 168 valence electrons. The molecule has 0 saturated heterocycles. The Labute approximate surface area is 188 Å². The van der Waals surface area contributed by atoms with Crippen LogP contribution in [0, 0.1) is 13.8 Å². The molecule has 2 heterocycles. The van der Waals surface area contributed by atoms with Crippen LogP contribution in [0.1, 0.15) is 28.9 Å². The second-order valence-corrected chi connectivity index (χ2v) is 8.41. The minimum atomic E-state index is -0.731. The highest BCUT2D eigenvalue weighted by molar-refractivity contribution is 7.15. The first-order valence-electron chi connectivity index (χ1n) is 10.0. The lowest BCUT2D eigenvalue weighted by Gasteiger charge is -2.19. The molecule has 0 spiro atoms. The number of esters is 1. The van der Waals surface area contributed by atoms with Crippen molar-refractivity contribution in [3.63, 3.8) is 0 Å². The Hall–Kier alpha value is -3.04. The summed E-state index contributed by atoms with van der Waals surface area (Å²) < 4.78 is 41.7. The van der Waals surface area contributed by atoms with Crippen LogP contribution in [0.4, 0.5) is 20.3 Å². The first-order chi connectivity index (χ1) is 15.3. The maximum atomic E-state index is 15.1. The summed E-state index contributed by atoms with van der Waals surface area (Å²) in [4.78, 5) is 17.0. The Kier molecular flexibility index (Phi) is 6.12. The number of ether oxygens (including phenoxy) is 2. The number of benzene rings is 1. The number of aryl methyl sites for hydroxylation is 2. The van der Waals surface area contributed by atoms with Gasteiger partial charge in [0.1, 0.15) is 23.2 Å². The predicted octanol–water partition coefficient (Wildman–Crippen LogP) is 5.42. The molecular weight excluding hydrogens is 436 g/mol. The van der Waals surface area contributed by atoms with Crippen LogP contribution < -0.4 is 5.32 Å². The van der Waals surface area contributed by atoms with E-state index in [0.717, 1.165) is 16.8 Å². The van der Waals surface area contributed by atoms with Crippen LogP contribution in [0.2, 0.25) is 0 Å². The van der Waals surface area contributed by atoms with Crippen molar-refractivity contribution in [1.29, 1.82) is 0 Å². The maximum absolute atomic E-state index is 15.1. The number of nitrogens with one attached hydrogen (secondary N) is 1. The Balaban J connectivity index is 1.93. The molecular formula is C23H23F2N3O3S. The molecule has 4 rings (SSSR count). The lowest BCUT2D eigenvalue weighted by molar-refractivity contribution is -0.139. The fraction of sp³-hybridized carbons (Fsp3) is 0.304. The minimum Gasteiger partial charge on any atom is -0.469 e. The first kappa shape index (κ1) is 22.2. The first-order valence-corrected chi connectivity index (χ1v) is 10.9. The average molecular weight is 460 g/mol. The van der Waals surface area contributed by atoms with Crippen LogP contribution in [0.25, 0.3) is 10.5 Å². The van der Waals surface area contributed by atoms with E-state index in [4.69, 9.17) is 9.47 Å². The summed E-state index contributed by atoms with van der Waals surface area (Å²) in [5, 5.41) is 5.13. The van der Waals surface area contributed by atoms with E-state index >= 15 is 8.78 Å². The molecule has 32 heavy (non-hydrogen) atoms. The summed E-state index contributed by atoms with van der Waals surface area (Å²) in [6.07, 6.45) is 0.499. The molecule has 2 aromatic heterocycles. The van der Waals surface area contributed by atoms with Gasteiger partial charge in [0, 0.05) is 30.3 Å². The number of imidazole rings is 1. The summed E-state index contributed by atoms with van der Waals surface area (Å²) in [7, 11) is 2.72. The number of rotatable bonds is 6. The third kappa shape index (κ3) is 3.93. The zero-order chi connectivity index (χ0) is 23.0. The second-order valence-electron chi connectivity index (χ2n) is 7.57. The van der Waals surface area contributed by atoms with Gasteiger partial charge in [-0.2, -0.15) is 0 Å². The lowest BCUT2D eigenvalue weighted by atomic mass is 9.99. The van der Waals surface area contributed by atoms with Crippen molar-refractivity contribution in [2.75, 3.05) is 19.5 Å². The molecule has 6 nitrogen and oxygen atoms in total. The SMILES string of the molecule is COC(=O)Cc1csc2nc(C3=C(F)CC(OC)C=C3F)c(Nc3c(C)cccc3C)n12. The number of para-hydroxylation sites is 1. The quantitative estimate of drug-likeness (QED) is 0.499. The number of carbonyl (C=O) groups excluding carboxylic acids is 1. The van der Waals surface area contributed by atoms with Gasteiger partial charge in [0.05, 0.1) is 25.2 Å². The number of methoxy groups -OCH3 is 2. The van der Waals surface area contributed by atoms with Gasteiger partial charge in [-0.25, -0.2) is 13.8 Å². The number of nitrogens with zero attached hydrogens (tertiary/aromatic N) is 2. The molecule has 0 saturated carbocycles. The van der Waals surface area contributed by atoms with Crippen molar-refractivity contribution in [3.8, 4) is 0 Å². The molecule has 1 N–H and O–H groups in total. The molecule has 0 radical (unpaired) electrons. The van der Waals surface area contributed by atoms with Crippen molar-refractivity contribution in [3.05, 3.63) is 63.8 Å². The van der Waals surface area contributed by atoms with E-state index in [1.54, 1.807) is 9.78 Å². The van der Waals surface area contributed by atoms with Gasteiger partial charge < -0.3 is 14.8 Å². The van der Waals surface area contributed by atoms with Gasteiger partial charge in [0.2, 0.25) is 0 Å².